The highest BCUT2D eigenvalue weighted by molar-refractivity contribution is 9.10. The van der Waals surface area contributed by atoms with Crippen molar-refractivity contribution in [3.8, 4) is 0 Å². The minimum atomic E-state index is -0.228. The lowest BCUT2D eigenvalue weighted by molar-refractivity contribution is 0.578. The lowest BCUT2D eigenvalue weighted by atomic mass is 10.0. The Morgan fingerprint density at radius 2 is 2.17 bits per heavy atom. The van der Waals surface area contributed by atoms with E-state index >= 15 is 0 Å². The van der Waals surface area contributed by atoms with Gasteiger partial charge in [-0.05, 0) is 52.7 Å². The fourth-order valence-corrected chi connectivity index (χ4v) is 2.32. The zero-order valence-electron chi connectivity index (χ0n) is 10.0. The molecule has 0 aliphatic rings. The fraction of sp³-hybridized carbons (Fsp3) is 0.214. The number of pyridine rings is 1. The van der Waals surface area contributed by atoms with E-state index in [0.29, 0.717) is 10.9 Å². The Hall–Kier alpha value is -1.26. The summed E-state index contributed by atoms with van der Waals surface area (Å²) < 4.78 is 14.0. The minimum absolute atomic E-state index is 0.122. The molecule has 0 aliphatic carbocycles. The number of aromatic nitrogens is 1. The molecular formula is C14H14BrFN2. The number of benzene rings is 1. The van der Waals surface area contributed by atoms with Gasteiger partial charge in [0.25, 0.3) is 0 Å². The first-order valence-corrected chi connectivity index (χ1v) is 6.51. The Labute approximate surface area is 114 Å². The summed E-state index contributed by atoms with van der Waals surface area (Å²) in [5, 5.41) is 3.23. The van der Waals surface area contributed by atoms with Crippen molar-refractivity contribution in [2.24, 2.45) is 0 Å². The average molecular weight is 309 g/mol. The largest absolute Gasteiger partial charge is 0.313 e. The summed E-state index contributed by atoms with van der Waals surface area (Å²) in [7, 11) is 1.89. The average Bonchev–Trinajstić information content (AvgIpc) is 2.41. The molecule has 0 radical (unpaired) electrons. The van der Waals surface area contributed by atoms with Crippen molar-refractivity contribution in [3.05, 3.63) is 64.1 Å². The molecule has 1 aromatic heterocycles. The monoisotopic (exact) mass is 308 g/mol. The Kier molecular flexibility index (Phi) is 4.44. The maximum Gasteiger partial charge on any atom is 0.137 e. The lowest BCUT2D eigenvalue weighted by Gasteiger charge is -2.17. The van der Waals surface area contributed by atoms with Crippen molar-refractivity contribution in [2.45, 2.75) is 12.5 Å². The van der Waals surface area contributed by atoms with Gasteiger partial charge in [0.15, 0.2) is 0 Å². The van der Waals surface area contributed by atoms with Crippen LogP contribution in [0.4, 0.5) is 4.39 Å². The van der Waals surface area contributed by atoms with Crippen molar-refractivity contribution in [3.63, 3.8) is 0 Å². The van der Waals surface area contributed by atoms with E-state index in [-0.39, 0.29) is 11.9 Å². The maximum absolute atomic E-state index is 13.5. The molecule has 18 heavy (non-hydrogen) atoms. The summed E-state index contributed by atoms with van der Waals surface area (Å²) in [4.78, 5) is 4.11. The first kappa shape index (κ1) is 13.2. The van der Waals surface area contributed by atoms with Crippen LogP contribution in [0.2, 0.25) is 0 Å². The van der Waals surface area contributed by atoms with E-state index in [4.69, 9.17) is 0 Å². The van der Waals surface area contributed by atoms with Crippen molar-refractivity contribution < 1.29 is 4.39 Å². The first-order chi connectivity index (χ1) is 8.72. The van der Waals surface area contributed by atoms with Crippen LogP contribution in [0.1, 0.15) is 17.2 Å². The van der Waals surface area contributed by atoms with Gasteiger partial charge in [-0.2, -0.15) is 0 Å². The summed E-state index contributed by atoms with van der Waals surface area (Å²) in [6.07, 6.45) is 4.28. The number of likely N-dealkylation sites (N-methyl/N-ethyl adjacent to an activating group) is 1. The van der Waals surface area contributed by atoms with Crippen molar-refractivity contribution >= 4 is 15.9 Å². The SMILES string of the molecule is CNC(Cc1cccc(F)c1Br)c1cccnc1. The molecular weight excluding hydrogens is 295 g/mol. The molecule has 0 spiro atoms. The van der Waals surface area contributed by atoms with Gasteiger partial charge in [0.05, 0.1) is 4.47 Å². The van der Waals surface area contributed by atoms with Crippen LogP contribution in [0.5, 0.6) is 0 Å². The van der Waals surface area contributed by atoms with Gasteiger partial charge in [0, 0.05) is 18.4 Å². The van der Waals surface area contributed by atoms with E-state index in [2.05, 4.69) is 26.2 Å². The topological polar surface area (TPSA) is 24.9 Å². The van der Waals surface area contributed by atoms with Crippen LogP contribution in [0.3, 0.4) is 0 Å². The number of hydrogen-bond donors (Lipinski definition) is 1. The summed E-state index contributed by atoms with van der Waals surface area (Å²) in [5.41, 5.74) is 2.04. The predicted octanol–water partition coefficient (Wildman–Crippen LogP) is 3.49. The molecule has 4 heteroatoms. The standard InChI is InChI=1S/C14H14BrFN2/c1-17-13(11-5-3-7-18-9-11)8-10-4-2-6-12(16)14(10)15/h2-7,9,13,17H,8H2,1H3. The van der Waals surface area contributed by atoms with Gasteiger partial charge in [-0.25, -0.2) is 4.39 Å². The summed E-state index contributed by atoms with van der Waals surface area (Å²) in [5.74, 6) is -0.228. The quantitative estimate of drug-likeness (QED) is 0.935. The van der Waals surface area contributed by atoms with E-state index in [1.165, 1.54) is 6.07 Å². The van der Waals surface area contributed by atoms with Gasteiger partial charge in [-0.1, -0.05) is 18.2 Å². The molecule has 2 rings (SSSR count). The van der Waals surface area contributed by atoms with Crippen LogP contribution >= 0.6 is 15.9 Å². The second kappa shape index (κ2) is 6.07. The van der Waals surface area contributed by atoms with E-state index in [0.717, 1.165) is 11.1 Å². The number of nitrogens with one attached hydrogen (secondary N) is 1. The highest BCUT2D eigenvalue weighted by atomic mass is 79.9. The smallest absolute Gasteiger partial charge is 0.137 e. The predicted molar refractivity (Wildman–Crippen MR) is 73.8 cm³/mol. The normalized spacial score (nSPS) is 12.4. The molecule has 2 aromatic rings. The molecule has 94 valence electrons. The third-order valence-corrected chi connectivity index (χ3v) is 3.78. The van der Waals surface area contributed by atoms with Crippen molar-refractivity contribution in [2.75, 3.05) is 7.05 Å². The molecule has 0 aliphatic heterocycles. The Bertz CT molecular complexity index is 516. The molecule has 0 saturated carbocycles. The molecule has 2 nitrogen and oxygen atoms in total. The van der Waals surface area contributed by atoms with Crippen LogP contribution in [0.15, 0.2) is 47.2 Å². The van der Waals surface area contributed by atoms with Gasteiger partial charge in [-0.3, -0.25) is 4.98 Å². The minimum Gasteiger partial charge on any atom is -0.313 e. The van der Waals surface area contributed by atoms with Gasteiger partial charge in [0.1, 0.15) is 5.82 Å². The highest BCUT2D eigenvalue weighted by Crippen LogP contribution is 2.25. The van der Waals surface area contributed by atoms with Crippen LogP contribution in [0.25, 0.3) is 0 Å². The van der Waals surface area contributed by atoms with Gasteiger partial charge in [-0.15, -0.1) is 0 Å². The van der Waals surface area contributed by atoms with E-state index in [1.807, 2.05) is 31.4 Å². The van der Waals surface area contributed by atoms with Crippen molar-refractivity contribution in [1.29, 1.82) is 0 Å². The summed E-state index contributed by atoms with van der Waals surface area (Å²) in [6, 6.07) is 9.14. The number of nitrogens with zero attached hydrogens (tertiary/aromatic N) is 1. The maximum atomic E-state index is 13.5. The Balaban J connectivity index is 2.24. The highest BCUT2D eigenvalue weighted by Gasteiger charge is 2.13. The van der Waals surface area contributed by atoms with Gasteiger partial charge in [0.2, 0.25) is 0 Å². The van der Waals surface area contributed by atoms with E-state index in [9.17, 15) is 4.39 Å². The number of rotatable bonds is 4. The summed E-state index contributed by atoms with van der Waals surface area (Å²) >= 11 is 3.29. The fourth-order valence-electron chi connectivity index (χ4n) is 1.89. The molecule has 0 fully saturated rings. The third kappa shape index (κ3) is 2.94. The van der Waals surface area contributed by atoms with Crippen LogP contribution in [-0.2, 0) is 6.42 Å². The van der Waals surface area contributed by atoms with Crippen LogP contribution in [0, 0.1) is 5.82 Å². The summed E-state index contributed by atoms with van der Waals surface area (Å²) in [6.45, 7) is 0. The molecule has 0 saturated heterocycles. The molecule has 1 N–H and O–H groups in total. The second-order valence-corrected chi connectivity index (χ2v) is 4.84. The Morgan fingerprint density at radius 3 is 2.83 bits per heavy atom. The third-order valence-electron chi connectivity index (χ3n) is 2.89. The van der Waals surface area contributed by atoms with Gasteiger partial charge >= 0.3 is 0 Å². The van der Waals surface area contributed by atoms with E-state index < -0.39 is 0 Å². The van der Waals surface area contributed by atoms with Crippen LogP contribution in [-0.4, -0.2) is 12.0 Å². The van der Waals surface area contributed by atoms with Crippen molar-refractivity contribution in [1.82, 2.24) is 10.3 Å². The second-order valence-electron chi connectivity index (χ2n) is 4.04. The molecule has 0 bridgehead atoms. The molecule has 0 amide bonds. The molecule has 1 heterocycles. The van der Waals surface area contributed by atoms with E-state index in [1.54, 1.807) is 12.3 Å². The number of hydrogen-bond acceptors (Lipinski definition) is 2. The molecule has 1 unspecified atom stereocenters. The number of halogens is 2. The molecule has 1 aromatic carbocycles. The molecule has 1 atom stereocenters. The first-order valence-electron chi connectivity index (χ1n) is 5.72. The Morgan fingerprint density at radius 1 is 1.33 bits per heavy atom. The zero-order valence-corrected chi connectivity index (χ0v) is 11.6. The van der Waals surface area contributed by atoms with Gasteiger partial charge < -0.3 is 5.32 Å². The lowest BCUT2D eigenvalue weighted by Crippen LogP contribution is -2.19. The zero-order chi connectivity index (χ0) is 13.0. The van der Waals surface area contributed by atoms with Crippen LogP contribution < -0.4 is 5.32 Å².